The van der Waals surface area contributed by atoms with Gasteiger partial charge in [-0.3, -0.25) is 4.79 Å². The molecular weight excluding hydrogens is 296 g/mol. The fraction of sp³-hybridized carbons (Fsp3) is 0.308. The van der Waals surface area contributed by atoms with E-state index in [2.05, 4.69) is 15.9 Å². The van der Waals surface area contributed by atoms with Gasteiger partial charge in [0, 0.05) is 35.6 Å². The number of aliphatic carboxylic acids is 1. The third-order valence-corrected chi connectivity index (χ3v) is 3.68. The van der Waals surface area contributed by atoms with E-state index < -0.39 is 5.97 Å². The van der Waals surface area contributed by atoms with Crippen LogP contribution in [0, 0.1) is 0 Å². The van der Waals surface area contributed by atoms with Crippen LogP contribution < -0.4 is 5.73 Å². The fourth-order valence-electron chi connectivity index (χ4n) is 2.19. The van der Waals surface area contributed by atoms with Crippen molar-refractivity contribution in [2.24, 2.45) is 12.8 Å². The van der Waals surface area contributed by atoms with Crippen molar-refractivity contribution >= 4 is 32.8 Å². The number of aryl methyl sites for hydroxylation is 1. The van der Waals surface area contributed by atoms with Crippen LogP contribution in [0.1, 0.15) is 24.4 Å². The average molecular weight is 311 g/mol. The summed E-state index contributed by atoms with van der Waals surface area (Å²) in [5.74, 6) is -0.814. The van der Waals surface area contributed by atoms with Gasteiger partial charge in [0.1, 0.15) is 0 Å². The number of aromatic nitrogens is 1. The SMILES string of the molecule is Cn1cc(Br)c2cccc(C(N)CCC(=O)O)c21. The number of carboxylic acid groups (broad SMARTS) is 1. The molecule has 0 aliphatic carbocycles. The van der Waals surface area contributed by atoms with Crippen LogP contribution >= 0.6 is 15.9 Å². The van der Waals surface area contributed by atoms with Crippen LogP contribution in [0.4, 0.5) is 0 Å². The first-order valence-electron chi connectivity index (χ1n) is 5.71. The number of nitrogens with zero attached hydrogens (tertiary/aromatic N) is 1. The summed E-state index contributed by atoms with van der Waals surface area (Å²) in [4.78, 5) is 10.6. The number of hydrogen-bond donors (Lipinski definition) is 2. The summed E-state index contributed by atoms with van der Waals surface area (Å²) in [6, 6.07) is 5.67. The minimum absolute atomic E-state index is 0.0865. The van der Waals surface area contributed by atoms with Crippen LogP contribution in [0.15, 0.2) is 28.9 Å². The topological polar surface area (TPSA) is 68.2 Å². The van der Waals surface area contributed by atoms with Crippen molar-refractivity contribution in [1.29, 1.82) is 0 Å². The number of halogens is 1. The lowest BCUT2D eigenvalue weighted by molar-refractivity contribution is -0.137. The van der Waals surface area contributed by atoms with E-state index in [1.54, 1.807) is 0 Å². The Kier molecular flexibility index (Phi) is 3.73. The Hall–Kier alpha value is -1.33. The van der Waals surface area contributed by atoms with Gasteiger partial charge in [-0.05, 0) is 27.9 Å². The molecule has 1 unspecified atom stereocenters. The van der Waals surface area contributed by atoms with Crippen LogP contribution in [0.25, 0.3) is 10.9 Å². The highest BCUT2D eigenvalue weighted by molar-refractivity contribution is 9.10. The normalized spacial score (nSPS) is 12.8. The van der Waals surface area contributed by atoms with Crippen LogP contribution in [-0.4, -0.2) is 15.6 Å². The smallest absolute Gasteiger partial charge is 0.303 e. The molecule has 0 saturated carbocycles. The number of nitrogens with two attached hydrogens (primary N) is 1. The van der Waals surface area contributed by atoms with Gasteiger partial charge >= 0.3 is 5.97 Å². The molecule has 0 bridgehead atoms. The van der Waals surface area contributed by atoms with Gasteiger partial charge in [-0.1, -0.05) is 18.2 Å². The first-order chi connectivity index (χ1) is 8.50. The van der Waals surface area contributed by atoms with Gasteiger partial charge in [0.05, 0.1) is 5.52 Å². The molecule has 0 fully saturated rings. The number of fused-ring (bicyclic) bond motifs is 1. The predicted octanol–water partition coefficient (Wildman–Crippen LogP) is 2.81. The molecular formula is C13H15BrN2O2. The molecule has 0 amide bonds. The summed E-state index contributed by atoms with van der Waals surface area (Å²) in [5.41, 5.74) is 8.14. The van der Waals surface area contributed by atoms with Crippen molar-refractivity contribution in [3.8, 4) is 0 Å². The highest BCUT2D eigenvalue weighted by Gasteiger charge is 2.15. The van der Waals surface area contributed by atoms with Crippen molar-refractivity contribution < 1.29 is 9.90 Å². The maximum Gasteiger partial charge on any atom is 0.303 e. The molecule has 3 N–H and O–H groups in total. The van der Waals surface area contributed by atoms with Gasteiger partial charge in [0.15, 0.2) is 0 Å². The van der Waals surface area contributed by atoms with E-state index in [1.165, 1.54) is 0 Å². The summed E-state index contributed by atoms with van der Waals surface area (Å²) in [5, 5.41) is 9.81. The number of rotatable bonds is 4. The van der Waals surface area contributed by atoms with E-state index in [-0.39, 0.29) is 12.5 Å². The van der Waals surface area contributed by atoms with Crippen LogP contribution in [0.3, 0.4) is 0 Å². The van der Waals surface area contributed by atoms with Crippen molar-refractivity contribution in [3.05, 3.63) is 34.4 Å². The number of carboxylic acids is 1. The molecule has 1 aromatic carbocycles. The van der Waals surface area contributed by atoms with Gasteiger partial charge < -0.3 is 15.4 Å². The van der Waals surface area contributed by atoms with Crippen LogP contribution in [0.5, 0.6) is 0 Å². The van der Waals surface area contributed by atoms with E-state index in [0.29, 0.717) is 6.42 Å². The Morgan fingerprint density at radius 2 is 2.28 bits per heavy atom. The zero-order valence-corrected chi connectivity index (χ0v) is 11.6. The van der Waals surface area contributed by atoms with Gasteiger partial charge in [0.2, 0.25) is 0 Å². The summed E-state index contributed by atoms with van der Waals surface area (Å²) < 4.78 is 3.03. The Morgan fingerprint density at radius 3 is 2.94 bits per heavy atom. The maximum atomic E-state index is 10.6. The summed E-state index contributed by atoms with van der Waals surface area (Å²) >= 11 is 3.51. The van der Waals surface area contributed by atoms with Gasteiger partial charge in [-0.25, -0.2) is 0 Å². The fourth-order valence-corrected chi connectivity index (χ4v) is 2.81. The molecule has 5 heteroatoms. The largest absolute Gasteiger partial charge is 0.481 e. The van der Waals surface area contributed by atoms with Gasteiger partial charge in [-0.15, -0.1) is 0 Å². The Morgan fingerprint density at radius 1 is 1.56 bits per heavy atom. The molecule has 4 nitrogen and oxygen atoms in total. The van der Waals surface area contributed by atoms with Crippen LogP contribution in [0.2, 0.25) is 0 Å². The van der Waals surface area contributed by atoms with Crippen molar-refractivity contribution in [3.63, 3.8) is 0 Å². The van der Waals surface area contributed by atoms with E-state index in [9.17, 15) is 4.79 Å². The molecule has 1 aromatic heterocycles. The molecule has 1 heterocycles. The summed E-state index contributed by atoms with van der Waals surface area (Å²) in [6.45, 7) is 0. The molecule has 0 saturated heterocycles. The van der Waals surface area contributed by atoms with Gasteiger partial charge in [0.25, 0.3) is 0 Å². The molecule has 2 aromatic rings. The van der Waals surface area contributed by atoms with E-state index in [0.717, 1.165) is 20.9 Å². The second-order valence-corrected chi connectivity index (χ2v) is 5.22. The van der Waals surface area contributed by atoms with E-state index in [1.807, 2.05) is 36.0 Å². The van der Waals surface area contributed by atoms with E-state index in [4.69, 9.17) is 10.8 Å². The minimum atomic E-state index is -0.814. The second kappa shape index (κ2) is 5.12. The Balaban J connectivity index is 2.41. The first kappa shape index (κ1) is 13.1. The number of para-hydroxylation sites is 1. The Labute approximate surface area is 114 Å². The number of benzene rings is 1. The number of hydrogen-bond acceptors (Lipinski definition) is 2. The zero-order chi connectivity index (χ0) is 13.3. The molecule has 2 rings (SSSR count). The lowest BCUT2D eigenvalue weighted by Gasteiger charge is -2.13. The molecule has 18 heavy (non-hydrogen) atoms. The van der Waals surface area contributed by atoms with Gasteiger partial charge in [-0.2, -0.15) is 0 Å². The molecule has 0 aliphatic heterocycles. The number of carbonyl (C=O) groups is 1. The second-order valence-electron chi connectivity index (χ2n) is 4.37. The maximum absolute atomic E-state index is 10.6. The molecule has 96 valence electrons. The molecule has 0 spiro atoms. The Bertz CT molecular complexity index is 592. The summed E-state index contributed by atoms with van der Waals surface area (Å²) in [7, 11) is 1.96. The standard InChI is InChI=1S/C13H15BrN2O2/c1-16-7-10(14)8-3-2-4-9(13(8)16)11(15)5-6-12(17)18/h2-4,7,11H,5-6,15H2,1H3,(H,17,18). The predicted molar refractivity (Wildman–Crippen MR) is 74.4 cm³/mol. The zero-order valence-electron chi connectivity index (χ0n) is 10.1. The average Bonchev–Trinajstić information content (AvgIpc) is 2.62. The van der Waals surface area contributed by atoms with E-state index >= 15 is 0 Å². The highest BCUT2D eigenvalue weighted by Crippen LogP contribution is 2.31. The van der Waals surface area contributed by atoms with Crippen LogP contribution in [-0.2, 0) is 11.8 Å². The molecule has 0 radical (unpaired) electrons. The monoisotopic (exact) mass is 310 g/mol. The third-order valence-electron chi connectivity index (χ3n) is 3.05. The third kappa shape index (κ3) is 2.42. The lowest BCUT2D eigenvalue weighted by atomic mass is 10.0. The first-order valence-corrected chi connectivity index (χ1v) is 6.51. The van der Waals surface area contributed by atoms with Crippen molar-refractivity contribution in [2.75, 3.05) is 0 Å². The molecule has 0 aliphatic rings. The minimum Gasteiger partial charge on any atom is -0.481 e. The quantitative estimate of drug-likeness (QED) is 0.912. The molecule has 1 atom stereocenters. The van der Waals surface area contributed by atoms with Crippen molar-refractivity contribution in [2.45, 2.75) is 18.9 Å². The lowest BCUT2D eigenvalue weighted by Crippen LogP contribution is -2.13. The highest BCUT2D eigenvalue weighted by atomic mass is 79.9. The van der Waals surface area contributed by atoms with Crippen molar-refractivity contribution in [1.82, 2.24) is 4.57 Å². The summed E-state index contributed by atoms with van der Waals surface area (Å²) in [6.07, 6.45) is 2.51.